The number of anilines is 3. The Kier molecular flexibility index (Phi) is 6.65. The van der Waals surface area contributed by atoms with Crippen molar-refractivity contribution in [1.82, 2.24) is 4.57 Å². The molecule has 47 heavy (non-hydrogen) atoms. The Bertz CT molecular complexity index is 2450. The van der Waals surface area contributed by atoms with Gasteiger partial charge in [-0.25, -0.2) is 0 Å². The van der Waals surface area contributed by atoms with E-state index in [4.69, 9.17) is 0 Å². The molecule has 9 aromatic rings. The van der Waals surface area contributed by atoms with Crippen molar-refractivity contribution in [3.05, 3.63) is 180 Å². The second-order valence-corrected chi connectivity index (χ2v) is 12.9. The molecule has 0 aliphatic rings. The lowest BCUT2D eigenvalue weighted by molar-refractivity contribution is 1.18. The maximum atomic E-state index is 3.85. The Balaban J connectivity index is 1.19. The molecule has 222 valence electrons. The lowest BCUT2D eigenvalue weighted by Crippen LogP contribution is -2.11. The number of para-hydroxylation sites is 2. The fraction of sp³-hybridized carbons (Fsp3) is 0. The van der Waals surface area contributed by atoms with Gasteiger partial charge in [-0.15, -0.1) is 0 Å². The average Bonchev–Trinajstić information content (AvgIpc) is 3.46. The topological polar surface area (TPSA) is 8.17 Å². The summed E-state index contributed by atoms with van der Waals surface area (Å²) in [6.07, 6.45) is 0. The first kappa shape index (κ1) is 27.7. The summed E-state index contributed by atoms with van der Waals surface area (Å²) in [5.74, 6) is 0. The van der Waals surface area contributed by atoms with Gasteiger partial charge in [0, 0.05) is 37.4 Å². The minimum absolute atomic E-state index is 1.05. The van der Waals surface area contributed by atoms with E-state index in [9.17, 15) is 0 Å². The predicted octanol–water partition coefficient (Wildman–Crippen LogP) is 13.0. The molecule has 0 atom stereocenters. The third kappa shape index (κ3) is 4.70. The fourth-order valence-electron chi connectivity index (χ4n) is 7.09. The van der Waals surface area contributed by atoms with Crippen molar-refractivity contribution in [2.75, 3.05) is 4.90 Å². The minimum Gasteiger partial charge on any atom is -0.309 e. The first-order valence-electron chi connectivity index (χ1n) is 15.9. The molecule has 2 nitrogen and oxygen atoms in total. The Morgan fingerprint density at radius 2 is 0.894 bits per heavy atom. The van der Waals surface area contributed by atoms with Crippen LogP contribution in [0.5, 0.6) is 0 Å². The Morgan fingerprint density at radius 3 is 1.47 bits per heavy atom. The molecule has 0 aliphatic carbocycles. The smallest absolute Gasteiger partial charge is 0.0541 e. The Labute approximate surface area is 281 Å². The second kappa shape index (κ2) is 11.3. The largest absolute Gasteiger partial charge is 0.309 e. The summed E-state index contributed by atoms with van der Waals surface area (Å²) < 4.78 is 3.42. The van der Waals surface area contributed by atoms with Crippen molar-refractivity contribution in [2.45, 2.75) is 0 Å². The van der Waals surface area contributed by atoms with Gasteiger partial charge in [0.1, 0.15) is 0 Å². The van der Waals surface area contributed by atoms with Crippen LogP contribution in [0.1, 0.15) is 0 Å². The molecule has 8 aromatic carbocycles. The monoisotopic (exact) mass is 664 g/mol. The quantitative estimate of drug-likeness (QED) is 0.178. The molecular weight excluding hydrogens is 636 g/mol. The summed E-state index contributed by atoms with van der Waals surface area (Å²) in [5.41, 5.74) is 9.27. The molecule has 0 aliphatic heterocycles. The highest BCUT2D eigenvalue weighted by Gasteiger charge is 2.18. The molecule has 0 spiro atoms. The van der Waals surface area contributed by atoms with Crippen molar-refractivity contribution in [3.8, 4) is 16.8 Å². The molecule has 0 saturated carbocycles. The standard InChI is InChI=1S/C44H29BrN2/c45-34-27-33(28-36(29-34)47-43-19-7-5-17-39(43)40-18-6-8-20-44(40)47)30-23-25-35(26-24-30)46(41-21-9-13-31-11-1-3-15-37(31)41)42-22-10-14-32-12-2-4-16-38(32)42/h1-29H. The van der Waals surface area contributed by atoms with E-state index in [1.54, 1.807) is 0 Å². The zero-order chi connectivity index (χ0) is 31.3. The van der Waals surface area contributed by atoms with Gasteiger partial charge in [0.15, 0.2) is 0 Å². The van der Waals surface area contributed by atoms with Crippen molar-refractivity contribution in [2.24, 2.45) is 0 Å². The van der Waals surface area contributed by atoms with Crippen molar-refractivity contribution < 1.29 is 0 Å². The maximum absolute atomic E-state index is 3.85. The van der Waals surface area contributed by atoms with E-state index in [1.807, 2.05) is 0 Å². The zero-order valence-corrected chi connectivity index (χ0v) is 27.1. The number of benzene rings is 8. The third-order valence-corrected chi connectivity index (χ3v) is 9.65. The Hall–Kier alpha value is -5.64. The molecule has 1 aromatic heterocycles. The molecular formula is C44H29BrN2. The Morgan fingerprint density at radius 1 is 0.404 bits per heavy atom. The summed E-state index contributed by atoms with van der Waals surface area (Å²) in [6, 6.07) is 63.4. The van der Waals surface area contributed by atoms with Crippen LogP contribution in [0, 0.1) is 0 Å². The summed E-state index contributed by atoms with van der Waals surface area (Å²) in [7, 11) is 0. The van der Waals surface area contributed by atoms with Crippen LogP contribution in [0.2, 0.25) is 0 Å². The highest BCUT2D eigenvalue weighted by Crippen LogP contribution is 2.43. The third-order valence-electron chi connectivity index (χ3n) is 9.19. The molecule has 0 unspecified atom stereocenters. The van der Waals surface area contributed by atoms with Gasteiger partial charge in [-0.1, -0.05) is 137 Å². The fourth-order valence-corrected chi connectivity index (χ4v) is 7.57. The number of halogens is 1. The van der Waals surface area contributed by atoms with E-state index in [1.165, 1.54) is 43.4 Å². The highest BCUT2D eigenvalue weighted by atomic mass is 79.9. The van der Waals surface area contributed by atoms with E-state index >= 15 is 0 Å². The van der Waals surface area contributed by atoms with Gasteiger partial charge in [-0.05, 0) is 76.5 Å². The lowest BCUT2D eigenvalue weighted by atomic mass is 10.0. The maximum Gasteiger partial charge on any atom is 0.0541 e. The van der Waals surface area contributed by atoms with Gasteiger partial charge in [-0.3, -0.25) is 0 Å². The number of hydrogen-bond donors (Lipinski definition) is 0. The van der Waals surface area contributed by atoms with Crippen LogP contribution in [0.15, 0.2) is 180 Å². The van der Waals surface area contributed by atoms with E-state index in [-0.39, 0.29) is 0 Å². The molecule has 0 radical (unpaired) electrons. The zero-order valence-electron chi connectivity index (χ0n) is 25.5. The van der Waals surface area contributed by atoms with Crippen LogP contribution >= 0.6 is 15.9 Å². The van der Waals surface area contributed by atoms with Crippen LogP contribution in [-0.2, 0) is 0 Å². The van der Waals surface area contributed by atoms with Crippen molar-refractivity contribution in [1.29, 1.82) is 0 Å². The number of rotatable bonds is 5. The summed E-state index contributed by atoms with van der Waals surface area (Å²) in [6.45, 7) is 0. The van der Waals surface area contributed by atoms with Crippen LogP contribution in [0.4, 0.5) is 17.1 Å². The molecule has 0 amide bonds. The molecule has 0 bridgehead atoms. The number of fused-ring (bicyclic) bond motifs is 5. The first-order chi connectivity index (χ1) is 23.2. The van der Waals surface area contributed by atoms with Gasteiger partial charge in [-0.2, -0.15) is 0 Å². The van der Waals surface area contributed by atoms with Gasteiger partial charge in [0.25, 0.3) is 0 Å². The van der Waals surface area contributed by atoms with Crippen LogP contribution < -0.4 is 4.90 Å². The molecule has 0 saturated heterocycles. The van der Waals surface area contributed by atoms with Gasteiger partial charge in [0.05, 0.1) is 22.4 Å². The van der Waals surface area contributed by atoms with Crippen LogP contribution in [-0.4, -0.2) is 4.57 Å². The number of hydrogen-bond acceptors (Lipinski definition) is 1. The lowest BCUT2D eigenvalue weighted by Gasteiger charge is -2.28. The predicted molar refractivity (Wildman–Crippen MR) is 204 cm³/mol. The molecule has 1 heterocycles. The number of aromatic nitrogens is 1. The summed E-state index contributed by atoms with van der Waals surface area (Å²) >= 11 is 3.85. The number of nitrogens with zero attached hydrogens (tertiary/aromatic N) is 2. The van der Waals surface area contributed by atoms with Crippen LogP contribution in [0.25, 0.3) is 60.2 Å². The van der Waals surface area contributed by atoms with Gasteiger partial charge < -0.3 is 9.47 Å². The van der Waals surface area contributed by atoms with E-state index in [2.05, 4.69) is 201 Å². The van der Waals surface area contributed by atoms with E-state index in [0.29, 0.717) is 0 Å². The summed E-state index contributed by atoms with van der Waals surface area (Å²) in [4.78, 5) is 2.40. The van der Waals surface area contributed by atoms with Crippen molar-refractivity contribution >= 4 is 76.3 Å². The highest BCUT2D eigenvalue weighted by molar-refractivity contribution is 9.10. The minimum atomic E-state index is 1.05. The van der Waals surface area contributed by atoms with Crippen molar-refractivity contribution in [3.63, 3.8) is 0 Å². The SMILES string of the molecule is Brc1cc(-c2ccc(N(c3cccc4ccccc34)c3cccc4ccccc34)cc2)cc(-n2c3ccccc3c3ccccc32)c1. The normalized spacial score (nSPS) is 11.5. The van der Waals surface area contributed by atoms with E-state index < -0.39 is 0 Å². The molecule has 3 heteroatoms. The first-order valence-corrected chi connectivity index (χ1v) is 16.7. The molecule has 0 fully saturated rings. The molecule has 9 rings (SSSR count). The molecule has 0 N–H and O–H groups in total. The summed E-state index contributed by atoms with van der Waals surface area (Å²) in [5, 5.41) is 7.40. The average molecular weight is 666 g/mol. The second-order valence-electron chi connectivity index (χ2n) is 11.9. The van der Waals surface area contributed by atoms with Gasteiger partial charge in [0.2, 0.25) is 0 Å². The van der Waals surface area contributed by atoms with E-state index in [0.717, 1.165) is 38.3 Å². The van der Waals surface area contributed by atoms with Gasteiger partial charge >= 0.3 is 0 Å². The van der Waals surface area contributed by atoms with Crippen LogP contribution in [0.3, 0.4) is 0 Å².